The summed E-state index contributed by atoms with van der Waals surface area (Å²) in [6.45, 7) is 0.680. The molecular weight excluding hydrogens is 294 g/mol. The fraction of sp³-hybridized carbons (Fsp3) is 0.214. The average Bonchev–Trinajstić information content (AvgIpc) is 2.93. The summed E-state index contributed by atoms with van der Waals surface area (Å²) in [5.74, 6) is -1.24. The monoisotopic (exact) mass is 307 g/mol. The van der Waals surface area contributed by atoms with Gasteiger partial charge in [0.25, 0.3) is 0 Å². The molecule has 0 aliphatic heterocycles. The van der Waals surface area contributed by atoms with Crippen molar-refractivity contribution < 1.29 is 14.7 Å². The van der Waals surface area contributed by atoms with Crippen LogP contribution in [-0.2, 0) is 17.9 Å². The highest BCUT2D eigenvalue weighted by Crippen LogP contribution is 2.14. The fourth-order valence-electron chi connectivity index (χ4n) is 1.74. The summed E-state index contributed by atoms with van der Waals surface area (Å²) >= 11 is 5.99. The van der Waals surface area contributed by atoms with E-state index in [2.05, 4.69) is 10.4 Å². The molecule has 0 radical (unpaired) electrons. The number of benzene rings is 1. The molecule has 0 bridgehead atoms. The van der Waals surface area contributed by atoms with Crippen molar-refractivity contribution in [3.63, 3.8) is 0 Å². The number of aryl methyl sites for hydroxylation is 1. The Kier molecular flexibility index (Phi) is 4.94. The first-order valence-electron chi connectivity index (χ1n) is 6.33. The van der Waals surface area contributed by atoms with Crippen LogP contribution in [0.4, 0.5) is 0 Å². The predicted octanol–water partition coefficient (Wildman–Crippen LogP) is 1.94. The fourth-order valence-corrected chi connectivity index (χ4v) is 1.94. The zero-order valence-corrected chi connectivity index (χ0v) is 11.9. The van der Waals surface area contributed by atoms with Crippen molar-refractivity contribution in [3.05, 3.63) is 52.8 Å². The lowest BCUT2D eigenvalue weighted by Gasteiger charge is -2.07. The minimum Gasteiger partial charge on any atom is -0.476 e. The van der Waals surface area contributed by atoms with E-state index in [9.17, 15) is 9.59 Å². The normalized spacial score (nSPS) is 10.3. The highest BCUT2D eigenvalue weighted by molar-refractivity contribution is 6.31. The van der Waals surface area contributed by atoms with Crippen LogP contribution < -0.4 is 5.32 Å². The number of nitrogens with zero attached hydrogens (tertiary/aromatic N) is 2. The Morgan fingerprint density at radius 1 is 1.29 bits per heavy atom. The number of carboxylic acid groups (broad SMARTS) is 1. The first-order chi connectivity index (χ1) is 10.1. The molecule has 0 aliphatic rings. The van der Waals surface area contributed by atoms with E-state index in [-0.39, 0.29) is 18.0 Å². The van der Waals surface area contributed by atoms with Crippen molar-refractivity contribution in [2.45, 2.75) is 19.5 Å². The van der Waals surface area contributed by atoms with E-state index in [0.717, 1.165) is 5.56 Å². The molecule has 0 aliphatic carbocycles. The topological polar surface area (TPSA) is 84.2 Å². The third-order valence-electron chi connectivity index (χ3n) is 2.86. The number of rotatable bonds is 6. The standard InChI is InChI=1S/C14H14ClN3O3/c15-11-4-2-1-3-10(11)9-16-13(19)6-8-18-7-5-12(17-18)14(20)21/h1-5,7H,6,8-9H2,(H,16,19)(H,20,21). The molecule has 0 fully saturated rings. The maximum Gasteiger partial charge on any atom is 0.356 e. The van der Waals surface area contributed by atoms with Crippen LogP contribution in [0.3, 0.4) is 0 Å². The van der Waals surface area contributed by atoms with Crippen LogP contribution in [0, 0.1) is 0 Å². The number of carbonyl (C=O) groups excluding carboxylic acids is 1. The van der Waals surface area contributed by atoms with Gasteiger partial charge in [0.05, 0.1) is 0 Å². The van der Waals surface area contributed by atoms with Gasteiger partial charge >= 0.3 is 5.97 Å². The number of aromatic carboxylic acids is 1. The van der Waals surface area contributed by atoms with Crippen LogP contribution in [0.5, 0.6) is 0 Å². The molecule has 1 aromatic heterocycles. The van der Waals surface area contributed by atoms with Gasteiger partial charge < -0.3 is 10.4 Å². The van der Waals surface area contributed by atoms with Crippen molar-refractivity contribution in [1.82, 2.24) is 15.1 Å². The molecule has 110 valence electrons. The van der Waals surface area contributed by atoms with Crippen molar-refractivity contribution >= 4 is 23.5 Å². The summed E-state index contributed by atoms with van der Waals surface area (Å²) in [6, 6.07) is 8.68. The number of nitrogens with one attached hydrogen (secondary N) is 1. The quantitative estimate of drug-likeness (QED) is 0.854. The van der Waals surface area contributed by atoms with Gasteiger partial charge in [0.15, 0.2) is 5.69 Å². The number of halogens is 1. The van der Waals surface area contributed by atoms with Crippen molar-refractivity contribution in [2.24, 2.45) is 0 Å². The van der Waals surface area contributed by atoms with E-state index in [1.165, 1.54) is 16.9 Å². The molecule has 21 heavy (non-hydrogen) atoms. The van der Waals surface area contributed by atoms with Crippen LogP contribution in [0.1, 0.15) is 22.5 Å². The summed E-state index contributed by atoms with van der Waals surface area (Å²) in [5.41, 5.74) is 0.811. The molecule has 0 unspecified atom stereocenters. The van der Waals surface area contributed by atoms with Gasteiger partial charge in [-0.1, -0.05) is 29.8 Å². The molecule has 2 aromatic rings. The van der Waals surface area contributed by atoms with Gasteiger partial charge in [-0.2, -0.15) is 5.10 Å². The third kappa shape index (κ3) is 4.32. The molecular formula is C14H14ClN3O3. The van der Waals surface area contributed by atoms with E-state index < -0.39 is 5.97 Å². The van der Waals surface area contributed by atoms with Crippen molar-refractivity contribution in [2.75, 3.05) is 0 Å². The van der Waals surface area contributed by atoms with Crippen LogP contribution in [0.25, 0.3) is 0 Å². The second kappa shape index (κ2) is 6.90. The van der Waals surface area contributed by atoms with Gasteiger partial charge in [0, 0.05) is 30.7 Å². The summed E-state index contributed by atoms with van der Waals surface area (Å²) < 4.78 is 1.43. The van der Waals surface area contributed by atoms with Crippen molar-refractivity contribution in [3.8, 4) is 0 Å². The Labute approximate surface area is 126 Å². The summed E-state index contributed by atoms with van der Waals surface area (Å²) in [7, 11) is 0. The lowest BCUT2D eigenvalue weighted by Crippen LogP contribution is -2.24. The maximum atomic E-state index is 11.7. The van der Waals surface area contributed by atoms with Crippen LogP contribution in [0.15, 0.2) is 36.5 Å². The van der Waals surface area contributed by atoms with Gasteiger partial charge in [-0.25, -0.2) is 4.79 Å². The van der Waals surface area contributed by atoms with Crippen LogP contribution in [-0.4, -0.2) is 26.8 Å². The largest absolute Gasteiger partial charge is 0.476 e. The Morgan fingerprint density at radius 3 is 2.71 bits per heavy atom. The van der Waals surface area contributed by atoms with Gasteiger partial charge in [0.2, 0.25) is 5.91 Å². The molecule has 0 saturated heterocycles. The van der Waals surface area contributed by atoms with Gasteiger partial charge in [-0.3, -0.25) is 9.48 Å². The zero-order valence-electron chi connectivity index (χ0n) is 11.1. The summed E-state index contributed by atoms with van der Waals surface area (Å²) in [5, 5.41) is 15.9. The molecule has 2 N–H and O–H groups in total. The maximum absolute atomic E-state index is 11.7. The van der Waals surface area contributed by atoms with E-state index in [1.54, 1.807) is 6.07 Å². The molecule has 1 aromatic carbocycles. The minimum atomic E-state index is -1.09. The Hall–Kier alpha value is -2.34. The van der Waals surface area contributed by atoms with E-state index >= 15 is 0 Å². The number of hydrogen-bond donors (Lipinski definition) is 2. The molecule has 7 heteroatoms. The molecule has 2 rings (SSSR count). The number of hydrogen-bond acceptors (Lipinski definition) is 3. The Morgan fingerprint density at radius 2 is 2.05 bits per heavy atom. The van der Waals surface area contributed by atoms with Crippen LogP contribution in [0.2, 0.25) is 5.02 Å². The predicted molar refractivity (Wildman–Crippen MR) is 77.1 cm³/mol. The van der Waals surface area contributed by atoms with E-state index in [4.69, 9.17) is 16.7 Å². The SMILES string of the molecule is O=C(CCn1ccc(C(=O)O)n1)NCc1ccccc1Cl. The lowest BCUT2D eigenvalue weighted by molar-refractivity contribution is -0.121. The zero-order chi connectivity index (χ0) is 15.2. The van der Waals surface area contributed by atoms with Crippen LogP contribution >= 0.6 is 11.6 Å². The van der Waals surface area contributed by atoms with Gasteiger partial charge in [0.1, 0.15) is 0 Å². The number of carbonyl (C=O) groups is 2. The summed E-state index contributed by atoms with van der Waals surface area (Å²) in [6.07, 6.45) is 1.75. The first-order valence-corrected chi connectivity index (χ1v) is 6.71. The van der Waals surface area contributed by atoms with Crippen molar-refractivity contribution in [1.29, 1.82) is 0 Å². The number of amides is 1. The number of aromatic nitrogens is 2. The third-order valence-corrected chi connectivity index (χ3v) is 3.23. The highest BCUT2D eigenvalue weighted by Gasteiger charge is 2.08. The molecule has 1 heterocycles. The Balaban J connectivity index is 1.79. The lowest BCUT2D eigenvalue weighted by atomic mass is 10.2. The van der Waals surface area contributed by atoms with E-state index in [1.807, 2.05) is 18.2 Å². The smallest absolute Gasteiger partial charge is 0.356 e. The second-order valence-corrected chi connectivity index (χ2v) is 4.79. The summed E-state index contributed by atoms with van der Waals surface area (Å²) in [4.78, 5) is 22.4. The number of carboxylic acids is 1. The molecule has 1 amide bonds. The molecule has 6 nitrogen and oxygen atoms in total. The van der Waals surface area contributed by atoms with Gasteiger partial charge in [-0.15, -0.1) is 0 Å². The Bertz CT molecular complexity index is 654. The first kappa shape index (κ1) is 15.1. The highest BCUT2D eigenvalue weighted by atomic mass is 35.5. The minimum absolute atomic E-state index is 0.0357. The second-order valence-electron chi connectivity index (χ2n) is 4.39. The molecule has 0 saturated carbocycles. The average molecular weight is 308 g/mol. The molecule has 0 spiro atoms. The molecule has 0 atom stereocenters. The van der Waals surface area contributed by atoms with E-state index in [0.29, 0.717) is 18.1 Å². The van der Waals surface area contributed by atoms with Gasteiger partial charge in [-0.05, 0) is 17.7 Å².